The molecule has 1 amide bonds. The predicted molar refractivity (Wildman–Crippen MR) is 89.2 cm³/mol. The second kappa shape index (κ2) is 8.18. The maximum Gasteiger partial charge on any atom is 0.220 e. The van der Waals surface area contributed by atoms with Crippen molar-refractivity contribution in [3.63, 3.8) is 0 Å². The van der Waals surface area contributed by atoms with Gasteiger partial charge in [-0.3, -0.25) is 4.79 Å². The quantitative estimate of drug-likeness (QED) is 0.814. The SMILES string of the molecule is CCOc1ccc(CCC(=O)NCC2(C)CCNCC2)cc1. The van der Waals surface area contributed by atoms with Gasteiger partial charge in [0, 0.05) is 13.0 Å². The van der Waals surface area contributed by atoms with Gasteiger partial charge in [-0.1, -0.05) is 19.1 Å². The first-order valence-corrected chi connectivity index (χ1v) is 8.30. The molecule has 4 heteroatoms. The normalized spacial score (nSPS) is 17.0. The zero-order valence-electron chi connectivity index (χ0n) is 13.8. The van der Waals surface area contributed by atoms with E-state index < -0.39 is 0 Å². The number of hydrogen-bond acceptors (Lipinski definition) is 3. The number of benzene rings is 1. The lowest BCUT2D eigenvalue weighted by molar-refractivity contribution is -0.121. The van der Waals surface area contributed by atoms with Crippen molar-refractivity contribution < 1.29 is 9.53 Å². The number of hydrogen-bond donors (Lipinski definition) is 2. The van der Waals surface area contributed by atoms with Crippen LogP contribution in [0, 0.1) is 5.41 Å². The average Bonchev–Trinajstić information content (AvgIpc) is 2.53. The third-order valence-electron chi connectivity index (χ3n) is 4.40. The van der Waals surface area contributed by atoms with E-state index in [0.717, 1.165) is 44.6 Å². The second-order valence-corrected chi connectivity index (χ2v) is 6.41. The van der Waals surface area contributed by atoms with Crippen molar-refractivity contribution in [3.8, 4) is 5.75 Å². The molecule has 1 aromatic rings. The van der Waals surface area contributed by atoms with Crippen LogP contribution < -0.4 is 15.4 Å². The summed E-state index contributed by atoms with van der Waals surface area (Å²) in [5, 5.41) is 6.47. The maximum absolute atomic E-state index is 12.0. The fraction of sp³-hybridized carbons (Fsp3) is 0.611. The van der Waals surface area contributed by atoms with Crippen LogP contribution in [-0.2, 0) is 11.2 Å². The van der Waals surface area contributed by atoms with Gasteiger partial charge in [0.1, 0.15) is 5.75 Å². The van der Waals surface area contributed by atoms with Gasteiger partial charge in [0.25, 0.3) is 0 Å². The zero-order valence-corrected chi connectivity index (χ0v) is 13.8. The van der Waals surface area contributed by atoms with Crippen LogP contribution in [0.1, 0.15) is 38.7 Å². The molecule has 4 nitrogen and oxygen atoms in total. The Morgan fingerprint density at radius 3 is 2.59 bits per heavy atom. The van der Waals surface area contributed by atoms with Crippen molar-refractivity contribution >= 4 is 5.91 Å². The highest BCUT2D eigenvalue weighted by Crippen LogP contribution is 2.26. The van der Waals surface area contributed by atoms with Crippen molar-refractivity contribution in [2.75, 3.05) is 26.2 Å². The molecular formula is C18H28N2O2. The summed E-state index contributed by atoms with van der Waals surface area (Å²) in [7, 11) is 0. The monoisotopic (exact) mass is 304 g/mol. The molecule has 0 spiro atoms. The predicted octanol–water partition coefficient (Wildman–Crippen LogP) is 2.52. The van der Waals surface area contributed by atoms with E-state index in [1.165, 1.54) is 5.56 Å². The molecule has 0 saturated carbocycles. The largest absolute Gasteiger partial charge is 0.494 e. The Labute approximate surface area is 133 Å². The van der Waals surface area contributed by atoms with Crippen LogP contribution in [0.15, 0.2) is 24.3 Å². The van der Waals surface area contributed by atoms with Gasteiger partial charge < -0.3 is 15.4 Å². The van der Waals surface area contributed by atoms with Gasteiger partial charge in [-0.2, -0.15) is 0 Å². The molecular weight excluding hydrogens is 276 g/mol. The number of nitrogens with one attached hydrogen (secondary N) is 2. The summed E-state index contributed by atoms with van der Waals surface area (Å²) in [4.78, 5) is 12.0. The smallest absolute Gasteiger partial charge is 0.220 e. The van der Waals surface area contributed by atoms with Gasteiger partial charge in [-0.25, -0.2) is 0 Å². The summed E-state index contributed by atoms with van der Waals surface area (Å²) >= 11 is 0. The molecule has 22 heavy (non-hydrogen) atoms. The molecule has 0 unspecified atom stereocenters. The van der Waals surface area contributed by atoms with E-state index in [2.05, 4.69) is 17.6 Å². The van der Waals surface area contributed by atoms with Crippen molar-refractivity contribution in [3.05, 3.63) is 29.8 Å². The first-order valence-electron chi connectivity index (χ1n) is 8.30. The molecule has 1 aliphatic rings. The summed E-state index contributed by atoms with van der Waals surface area (Å²) in [6.45, 7) is 7.81. The van der Waals surface area contributed by atoms with Crippen molar-refractivity contribution in [1.29, 1.82) is 0 Å². The van der Waals surface area contributed by atoms with Crippen molar-refractivity contribution in [2.45, 2.75) is 39.5 Å². The van der Waals surface area contributed by atoms with E-state index in [4.69, 9.17) is 4.74 Å². The molecule has 0 aromatic heterocycles. The minimum absolute atomic E-state index is 0.147. The highest BCUT2D eigenvalue weighted by molar-refractivity contribution is 5.76. The van der Waals surface area contributed by atoms with E-state index in [1.54, 1.807) is 0 Å². The number of aryl methyl sites for hydroxylation is 1. The number of piperidine rings is 1. The Kier molecular flexibility index (Phi) is 6.25. The Balaban J connectivity index is 1.70. The van der Waals surface area contributed by atoms with Gasteiger partial charge in [-0.05, 0) is 62.4 Å². The second-order valence-electron chi connectivity index (χ2n) is 6.41. The van der Waals surface area contributed by atoms with Crippen LogP contribution in [0.25, 0.3) is 0 Å². The molecule has 1 saturated heterocycles. The molecule has 1 aromatic carbocycles. The third kappa shape index (κ3) is 5.34. The molecule has 122 valence electrons. The Bertz CT molecular complexity index is 464. The van der Waals surface area contributed by atoms with Gasteiger partial charge in [0.2, 0.25) is 5.91 Å². The fourth-order valence-corrected chi connectivity index (χ4v) is 2.78. The number of amides is 1. The maximum atomic E-state index is 12.0. The average molecular weight is 304 g/mol. The molecule has 0 aliphatic carbocycles. The van der Waals surface area contributed by atoms with Gasteiger partial charge in [0.15, 0.2) is 0 Å². The number of carbonyl (C=O) groups excluding carboxylic acids is 1. The molecule has 2 rings (SSSR count). The lowest BCUT2D eigenvalue weighted by Crippen LogP contribution is -2.42. The summed E-state index contributed by atoms with van der Waals surface area (Å²) in [6, 6.07) is 8.00. The first kappa shape index (κ1) is 16.8. The molecule has 0 radical (unpaired) electrons. The standard InChI is InChI=1S/C18H28N2O2/c1-3-22-16-7-4-15(5-8-16)6-9-17(21)20-14-18(2)10-12-19-13-11-18/h4-5,7-8,19H,3,6,9-14H2,1-2H3,(H,20,21). The van der Waals surface area contributed by atoms with Crippen LogP contribution >= 0.6 is 0 Å². The Morgan fingerprint density at radius 2 is 1.95 bits per heavy atom. The number of rotatable bonds is 7. The summed E-state index contributed by atoms with van der Waals surface area (Å²) < 4.78 is 5.42. The summed E-state index contributed by atoms with van der Waals surface area (Å²) in [5.74, 6) is 1.03. The van der Waals surface area contributed by atoms with E-state index in [1.807, 2.05) is 31.2 Å². The number of ether oxygens (including phenoxy) is 1. The minimum atomic E-state index is 0.147. The highest BCUT2D eigenvalue weighted by Gasteiger charge is 2.26. The Hall–Kier alpha value is -1.55. The van der Waals surface area contributed by atoms with Crippen LogP contribution in [0.3, 0.4) is 0 Å². The van der Waals surface area contributed by atoms with Gasteiger partial charge in [0.05, 0.1) is 6.61 Å². The van der Waals surface area contributed by atoms with Gasteiger partial charge in [-0.15, -0.1) is 0 Å². The van der Waals surface area contributed by atoms with E-state index >= 15 is 0 Å². The van der Waals surface area contributed by atoms with Crippen LogP contribution in [-0.4, -0.2) is 32.1 Å². The van der Waals surface area contributed by atoms with Crippen LogP contribution in [0.5, 0.6) is 5.75 Å². The number of carbonyl (C=O) groups is 1. The van der Waals surface area contributed by atoms with E-state index in [0.29, 0.717) is 13.0 Å². The topological polar surface area (TPSA) is 50.4 Å². The fourth-order valence-electron chi connectivity index (χ4n) is 2.78. The molecule has 0 bridgehead atoms. The van der Waals surface area contributed by atoms with Crippen LogP contribution in [0.2, 0.25) is 0 Å². The third-order valence-corrected chi connectivity index (χ3v) is 4.40. The van der Waals surface area contributed by atoms with E-state index in [9.17, 15) is 4.79 Å². The summed E-state index contributed by atoms with van der Waals surface area (Å²) in [5.41, 5.74) is 1.42. The minimum Gasteiger partial charge on any atom is -0.494 e. The first-order chi connectivity index (χ1) is 10.6. The van der Waals surface area contributed by atoms with Gasteiger partial charge >= 0.3 is 0 Å². The van der Waals surface area contributed by atoms with Crippen molar-refractivity contribution in [1.82, 2.24) is 10.6 Å². The highest BCUT2D eigenvalue weighted by atomic mass is 16.5. The lowest BCUT2D eigenvalue weighted by Gasteiger charge is -2.34. The zero-order chi connectivity index (χ0) is 15.8. The Morgan fingerprint density at radius 1 is 1.27 bits per heavy atom. The lowest BCUT2D eigenvalue weighted by atomic mass is 9.81. The molecule has 1 aliphatic heterocycles. The van der Waals surface area contributed by atoms with E-state index in [-0.39, 0.29) is 11.3 Å². The molecule has 1 fully saturated rings. The van der Waals surface area contributed by atoms with Crippen LogP contribution in [0.4, 0.5) is 0 Å². The summed E-state index contributed by atoms with van der Waals surface area (Å²) in [6.07, 6.45) is 3.58. The van der Waals surface area contributed by atoms with Crippen molar-refractivity contribution in [2.24, 2.45) is 5.41 Å². The molecule has 2 N–H and O–H groups in total. The molecule has 1 heterocycles. The molecule has 0 atom stereocenters.